The van der Waals surface area contributed by atoms with Crippen molar-refractivity contribution in [1.29, 1.82) is 0 Å². The van der Waals surface area contributed by atoms with E-state index in [1.807, 2.05) is 0 Å². The Morgan fingerprint density at radius 2 is 1.81 bits per heavy atom. The summed E-state index contributed by atoms with van der Waals surface area (Å²) < 4.78 is 43.2. The molecule has 170 valence electrons. The summed E-state index contributed by atoms with van der Waals surface area (Å²) in [6.45, 7) is 1.53. The van der Waals surface area contributed by atoms with Crippen molar-refractivity contribution in [2.75, 3.05) is 18.5 Å². The predicted octanol–water partition coefficient (Wildman–Crippen LogP) is 4.31. The highest BCUT2D eigenvalue weighted by Gasteiger charge is 2.30. The Bertz CT molecular complexity index is 1040. The number of amides is 1. The lowest BCUT2D eigenvalue weighted by atomic mass is 10.1. The fourth-order valence-corrected chi connectivity index (χ4v) is 2.86. The summed E-state index contributed by atoms with van der Waals surface area (Å²) in [5.74, 6) is -0.843. The van der Waals surface area contributed by atoms with Crippen LogP contribution in [0.25, 0.3) is 11.4 Å². The van der Waals surface area contributed by atoms with Crippen molar-refractivity contribution >= 4 is 23.2 Å². The molecule has 2 atom stereocenters. The molecule has 0 aliphatic rings. The van der Waals surface area contributed by atoms with Crippen LogP contribution in [0.15, 0.2) is 53.1 Å². The minimum Gasteiger partial charge on any atom is -0.394 e. The minimum absolute atomic E-state index is 0.0406. The molecule has 0 saturated carbocycles. The molecule has 1 heterocycles. The zero-order chi connectivity index (χ0) is 23.3. The van der Waals surface area contributed by atoms with Gasteiger partial charge in [-0.15, -0.1) is 0 Å². The molecule has 32 heavy (non-hydrogen) atoms. The quantitative estimate of drug-likeness (QED) is 0.455. The van der Waals surface area contributed by atoms with Gasteiger partial charge < -0.3 is 20.3 Å². The predicted molar refractivity (Wildman–Crippen MR) is 112 cm³/mol. The minimum atomic E-state index is -4.45. The average molecular weight is 469 g/mol. The highest BCUT2D eigenvalue weighted by atomic mass is 35.5. The SMILES string of the molecule is CC(CNc1ccc(Cl)cc1)C(=O)N[C@@H](CO)c1nc(-c2ccc(C(F)(F)F)cc2)no1. The smallest absolute Gasteiger partial charge is 0.394 e. The van der Waals surface area contributed by atoms with Crippen LogP contribution in [0, 0.1) is 5.92 Å². The number of nitrogens with one attached hydrogen (secondary N) is 2. The number of aromatic nitrogens is 2. The summed E-state index contributed by atoms with van der Waals surface area (Å²) in [6.07, 6.45) is -4.45. The van der Waals surface area contributed by atoms with Gasteiger partial charge in [0.2, 0.25) is 11.7 Å². The van der Waals surface area contributed by atoms with Gasteiger partial charge in [0.05, 0.1) is 18.1 Å². The van der Waals surface area contributed by atoms with Crippen molar-refractivity contribution in [2.45, 2.75) is 19.1 Å². The number of nitrogens with zero attached hydrogens (tertiary/aromatic N) is 2. The zero-order valence-electron chi connectivity index (χ0n) is 16.9. The first-order chi connectivity index (χ1) is 15.2. The molecule has 0 aliphatic heterocycles. The lowest BCUT2D eigenvalue weighted by Crippen LogP contribution is -2.37. The maximum absolute atomic E-state index is 12.7. The summed E-state index contributed by atoms with van der Waals surface area (Å²) in [5, 5.41) is 19.7. The largest absolute Gasteiger partial charge is 0.416 e. The Morgan fingerprint density at radius 3 is 2.41 bits per heavy atom. The monoisotopic (exact) mass is 468 g/mol. The van der Waals surface area contributed by atoms with Crippen LogP contribution in [0.1, 0.15) is 24.4 Å². The lowest BCUT2D eigenvalue weighted by molar-refractivity contribution is -0.137. The van der Waals surface area contributed by atoms with Crippen LogP contribution in [-0.2, 0) is 11.0 Å². The molecule has 1 aromatic heterocycles. The Hall–Kier alpha value is -3.11. The normalized spacial score (nSPS) is 13.4. The average Bonchev–Trinajstić information content (AvgIpc) is 3.26. The number of aliphatic hydroxyl groups excluding tert-OH is 1. The number of rotatable bonds is 8. The van der Waals surface area contributed by atoms with Crippen LogP contribution in [0.5, 0.6) is 0 Å². The Balaban J connectivity index is 1.61. The summed E-state index contributed by atoms with van der Waals surface area (Å²) in [6, 6.07) is 10.3. The number of hydrogen-bond donors (Lipinski definition) is 3. The van der Waals surface area contributed by atoms with E-state index in [1.54, 1.807) is 31.2 Å². The second kappa shape index (κ2) is 10.0. The molecule has 0 saturated heterocycles. The highest BCUT2D eigenvalue weighted by Crippen LogP contribution is 2.30. The van der Waals surface area contributed by atoms with E-state index < -0.39 is 30.3 Å². The lowest BCUT2D eigenvalue weighted by Gasteiger charge is -2.17. The molecule has 1 amide bonds. The van der Waals surface area contributed by atoms with Crippen LogP contribution in [0.4, 0.5) is 18.9 Å². The van der Waals surface area contributed by atoms with E-state index in [0.717, 1.165) is 17.8 Å². The molecular formula is C21H20ClF3N4O3. The maximum atomic E-state index is 12.7. The van der Waals surface area contributed by atoms with E-state index in [1.165, 1.54) is 12.1 Å². The molecule has 3 aromatic rings. The van der Waals surface area contributed by atoms with Gasteiger partial charge in [-0.25, -0.2) is 0 Å². The summed E-state index contributed by atoms with van der Waals surface area (Å²) >= 11 is 5.84. The molecule has 2 aromatic carbocycles. The van der Waals surface area contributed by atoms with Gasteiger partial charge in [-0.1, -0.05) is 35.8 Å². The molecule has 0 aliphatic carbocycles. The molecule has 3 rings (SSSR count). The number of aliphatic hydroxyl groups is 1. The van der Waals surface area contributed by atoms with Gasteiger partial charge in [0.15, 0.2) is 0 Å². The molecule has 7 nitrogen and oxygen atoms in total. The van der Waals surface area contributed by atoms with Crippen molar-refractivity contribution < 1.29 is 27.6 Å². The van der Waals surface area contributed by atoms with Crippen LogP contribution in [-0.4, -0.2) is 34.3 Å². The van der Waals surface area contributed by atoms with Crippen LogP contribution in [0.2, 0.25) is 5.02 Å². The molecule has 0 radical (unpaired) electrons. The maximum Gasteiger partial charge on any atom is 0.416 e. The molecule has 3 N–H and O–H groups in total. The summed E-state index contributed by atoms with van der Waals surface area (Å²) in [4.78, 5) is 16.6. The number of carbonyl (C=O) groups is 1. The van der Waals surface area contributed by atoms with Crippen LogP contribution >= 0.6 is 11.6 Å². The second-order valence-corrected chi connectivity index (χ2v) is 7.50. The summed E-state index contributed by atoms with van der Waals surface area (Å²) in [7, 11) is 0. The van der Waals surface area contributed by atoms with Crippen molar-refractivity contribution in [3.63, 3.8) is 0 Å². The van der Waals surface area contributed by atoms with Gasteiger partial charge >= 0.3 is 6.18 Å². The van der Waals surface area contributed by atoms with Gasteiger partial charge in [-0.2, -0.15) is 18.2 Å². The van der Waals surface area contributed by atoms with E-state index >= 15 is 0 Å². The van der Waals surface area contributed by atoms with Crippen molar-refractivity contribution in [1.82, 2.24) is 15.5 Å². The first kappa shape index (κ1) is 23.6. The van der Waals surface area contributed by atoms with E-state index in [0.29, 0.717) is 17.1 Å². The Kier molecular flexibility index (Phi) is 7.37. The van der Waals surface area contributed by atoms with E-state index in [9.17, 15) is 23.1 Å². The highest BCUT2D eigenvalue weighted by molar-refractivity contribution is 6.30. The molecular weight excluding hydrogens is 449 g/mol. The van der Waals surface area contributed by atoms with E-state index in [2.05, 4.69) is 20.8 Å². The van der Waals surface area contributed by atoms with Gasteiger partial charge in [0, 0.05) is 22.8 Å². The Labute approximate surface area is 186 Å². The first-order valence-corrected chi connectivity index (χ1v) is 9.97. The molecule has 11 heteroatoms. The molecule has 1 unspecified atom stereocenters. The van der Waals surface area contributed by atoms with Crippen molar-refractivity contribution in [2.24, 2.45) is 5.92 Å². The van der Waals surface area contributed by atoms with Crippen molar-refractivity contribution in [3.05, 3.63) is 65.0 Å². The number of halogens is 4. The fraction of sp³-hybridized carbons (Fsp3) is 0.286. The topological polar surface area (TPSA) is 100 Å². The fourth-order valence-electron chi connectivity index (χ4n) is 2.73. The van der Waals surface area contributed by atoms with Crippen LogP contribution < -0.4 is 10.6 Å². The third-order valence-electron chi connectivity index (χ3n) is 4.61. The second-order valence-electron chi connectivity index (χ2n) is 7.06. The third-order valence-corrected chi connectivity index (χ3v) is 4.87. The molecule has 0 fully saturated rings. The number of anilines is 1. The van der Waals surface area contributed by atoms with Gasteiger partial charge in [0.25, 0.3) is 5.89 Å². The molecule has 0 spiro atoms. The standard InChI is InChI=1S/C21H20ClF3N4O3/c1-12(10-26-16-8-6-15(22)7-9-16)19(31)27-17(11-30)20-28-18(29-32-20)13-2-4-14(5-3-13)21(23,24)25/h2-9,12,17,26,30H,10-11H2,1H3,(H,27,31)/t12?,17-/m0/s1. The third kappa shape index (κ3) is 5.98. The van der Waals surface area contributed by atoms with Gasteiger partial charge in [-0.05, 0) is 36.4 Å². The molecule has 0 bridgehead atoms. The van der Waals surface area contributed by atoms with Gasteiger partial charge in [-0.3, -0.25) is 4.79 Å². The zero-order valence-corrected chi connectivity index (χ0v) is 17.6. The van der Waals surface area contributed by atoms with E-state index in [-0.39, 0.29) is 17.6 Å². The van der Waals surface area contributed by atoms with Crippen molar-refractivity contribution in [3.8, 4) is 11.4 Å². The number of hydrogen-bond acceptors (Lipinski definition) is 6. The summed E-state index contributed by atoms with van der Waals surface area (Å²) in [5.41, 5.74) is 0.300. The van der Waals surface area contributed by atoms with Gasteiger partial charge in [0.1, 0.15) is 6.04 Å². The number of alkyl halides is 3. The number of benzene rings is 2. The number of carbonyl (C=O) groups excluding carboxylic acids is 1. The first-order valence-electron chi connectivity index (χ1n) is 9.59. The van der Waals surface area contributed by atoms with E-state index in [4.69, 9.17) is 16.1 Å². The Morgan fingerprint density at radius 1 is 1.16 bits per heavy atom. The van der Waals surface area contributed by atoms with Crippen LogP contribution in [0.3, 0.4) is 0 Å².